The van der Waals surface area contributed by atoms with Crippen molar-refractivity contribution < 1.29 is 23.1 Å². The lowest BCUT2D eigenvalue weighted by atomic mass is 9.88. The Hall–Kier alpha value is -1.76. The number of fused-ring (bicyclic) bond motifs is 1. The van der Waals surface area contributed by atoms with Crippen LogP contribution >= 0.6 is 0 Å². The minimum absolute atomic E-state index is 0.235. The molecule has 2 atom stereocenters. The van der Waals surface area contributed by atoms with Gasteiger partial charge in [0.1, 0.15) is 0 Å². The summed E-state index contributed by atoms with van der Waals surface area (Å²) in [6.45, 7) is 0. The summed E-state index contributed by atoms with van der Waals surface area (Å²) in [5, 5.41) is 9.41. The Morgan fingerprint density at radius 3 is 2.52 bits per heavy atom. The maximum absolute atomic E-state index is 12.8. The van der Waals surface area contributed by atoms with Crippen molar-refractivity contribution in [1.82, 2.24) is 0 Å². The van der Waals surface area contributed by atoms with Gasteiger partial charge in [0.25, 0.3) is 0 Å². The van der Waals surface area contributed by atoms with E-state index in [1.165, 1.54) is 11.0 Å². The van der Waals surface area contributed by atoms with Crippen LogP contribution in [0.4, 0.5) is 23.7 Å². The molecule has 0 bridgehead atoms. The Balaban J connectivity index is 2.06. The Morgan fingerprint density at radius 1 is 1.33 bits per heavy atom. The Kier molecular flexibility index (Phi) is 3.12. The molecular formula is C14H15F3N2O2. The minimum Gasteiger partial charge on any atom is -0.465 e. The maximum Gasteiger partial charge on any atom is 0.416 e. The summed E-state index contributed by atoms with van der Waals surface area (Å²) in [6, 6.07) is 2.31. The van der Waals surface area contributed by atoms with Gasteiger partial charge in [0.2, 0.25) is 0 Å². The van der Waals surface area contributed by atoms with Crippen LogP contribution < -0.4 is 10.6 Å². The Labute approximate surface area is 119 Å². The fourth-order valence-corrected chi connectivity index (χ4v) is 3.05. The van der Waals surface area contributed by atoms with Gasteiger partial charge in [-0.25, -0.2) is 4.79 Å². The quantitative estimate of drug-likeness (QED) is 0.835. The molecule has 7 heteroatoms. The van der Waals surface area contributed by atoms with E-state index in [9.17, 15) is 23.1 Å². The number of alkyl halides is 3. The van der Waals surface area contributed by atoms with Gasteiger partial charge in [0.15, 0.2) is 0 Å². The molecule has 1 aromatic carbocycles. The van der Waals surface area contributed by atoms with Gasteiger partial charge >= 0.3 is 12.3 Å². The fraction of sp³-hybridized carbons (Fsp3) is 0.500. The third-order valence-corrected chi connectivity index (χ3v) is 4.21. The molecule has 1 fully saturated rings. The normalized spacial score (nSPS) is 25.6. The lowest BCUT2D eigenvalue weighted by Gasteiger charge is -2.38. The van der Waals surface area contributed by atoms with Crippen LogP contribution in [-0.2, 0) is 6.18 Å². The summed E-state index contributed by atoms with van der Waals surface area (Å²) in [5.41, 5.74) is 5.73. The van der Waals surface area contributed by atoms with Crippen molar-refractivity contribution in [3.63, 3.8) is 0 Å². The molecule has 3 N–H and O–H groups in total. The highest BCUT2D eigenvalue weighted by atomic mass is 19.4. The van der Waals surface area contributed by atoms with Crippen molar-refractivity contribution in [2.75, 3.05) is 4.90 Å². The third-order valence-electron chi connectivity index (χ3n) is 4.21. The average Bonchev–Trinajstić information content (AvgIpc) is 3.20. The van der Waals surface area contributed by atoms with Gasteiger partial charge in [-0.3, -0.25) is 4.90 Å². The molecule has 1 aromatic rings. The third kappa shape index (κ3) is 2.46. The van der Waals surface area contributed by atoms with E-state index in [1.807, 2.05) is 0 Å². The van der Waals surface area contributed by atoms with Crippen molar-refractivity contribution in [3.8, 4) is 0 Å². The standard InChI is InChI=1S/C14H15F3N2O2/c15-14(16,17)8-3-4-11-9(5-8)10(18)6-12(7-1-2-7)19(11)13(20)21/h3-5,7,10,12H,1-2,6,18H2,(H,20,21)/t10-,12-/m0/s1. The van der Waals surface area contributed by atoms with Crippen molar-refractivity contribution in [2.45, 2.75) is 37.5 Å². The number of halogens is 3. The molecule has 3 rings (SSSR count). The predicted octanol–water partition coefficient (Wildman–Crippen LogP) is 3.37. The van der Waals surface area contributed by atoms with Crippen LogP contribution in [0.1, 0.15) is 36.4 Å². The molecule has 1 heterocycles. The molecule has 0 aromatic heterocycles. The molecule has 1 aliphatic carbocycles. The first kappa shape index (κ1) is 14.2. The highest BCUT2D eigenvalue weighted by Crippen LogP contribution is 2.46. The van der Waals surface area contributed by atoms with E-state index >= 15 is 0 Å². The maximum atomic E-state index is 12.8. The fourth-order valence-electron chi connectivity index (χ4n) is 3.05. The SMILES string of the molecule is N[C@H]1C[C@@H](C2CC2)N(C(=O)O)c2ccc(C(F)(F)F)cc21. The second-order valence-corrected chi connectivity index (χ2v) is 5.67. The van der Waals surface area contributed by atoms with E-state index in [0.717, 1.165) is 25.0 Å². The van der Waals surface area contributed by atoms with Gasteiger partial charge in [0.05, 0.1) is 11.3 Å². The molecule has 0 saturated heterocycles. The van der Waals surface area contributed by atoms with E-state index in [4.69, 9.17) is 5.73 Å². The van der Waals surface area contributed by atoms with Crippen molar-refractivity contribution >= 4 is 11.8 Å². The largest absolute Gasteiger partial charge is 0.465 e. The Bertz CT molecular complexity index is 584. The van der Waals surface area contributed by atoms with Crippen molar-refractivity contribution in [3.05, 3.63) is 29.3 Å². The second-order valence-electron chi connectivity index (χ2n) is 5.67. The first-order chi connectivity index (χ1) is 9.79. The zero-order chi connectivity index (χ0) is 15.4. The number of hydrogen-bond acceptors (Lipinski definition) is 2. The number of anilines is 1. The molecule has 114 valence electrons. The number of carboxylic acid groups (broad SMARTS) is 1. The van der Waals surface area contributed by atoms with Gasteiger partial charge in [-0.05, 0) is 48.9 Å². The van der Waals surface area contributed by atoms with Gasteiger partial charge in [0, 0.05) is 12.1 Å². The smallest absolute Gasteiger partial charge is 0.416 e. The first-order valence-corrected chi connectivity index (χ1v) is 6.78. The van der Waals surface area contributed by atoms with Crippen LogP contribution in [0, 0.1) is 5.92 Å². The van der Waals surface area contributed by atoms with E-state index in [-0.39, 0.29) is 23.2 Å². The molecule has 1 saturated carbocycles. The summed E-state index contributed by atoms with van der Waals surface area (Å²) < 4.78 is 38.4. The summed E-state index contributed by atoms with van der Waals surface area (Å²) in [7, 11) is 0. The molecule has 1 amide bonds. The van der Waals surface area contributed by atoms with Crippen LogP contribution in [0.15, 0.2) is 18.2 Å². The Morgan fingerprint density at radius 2 is 2.00 bits per heavy atom. The number of rotatable bonds is 1. The topological polar surface area (TPSA) is 66.6 Å². The highest BCUT2D eigenvalue weighted by molar-refractivity contribution is 5.89. The predicted molar refractivity (Wildman–Crippen MR) is 70.0 cm³/mol. The van der Waals surface area contributed by atoms with E-state index in [1.54, 1.807) is 0 Å². The van der Waals surface area contributed by atoms with E-state index < -0.39 is 23.9 Å². The van der Waals surface area contributed by atoms with Gasteiger partial charge in [-0.2, -0.15) is 13.2 Å². The van der Waals surface area contributed by atoms with Crippen molar-refractivity contribution in [2.24, 2.45) is 11.7 Å². The van der Waals surface area contributed by atoms with Crippen LogP contribution in [0.5, 0.6) is 0 Å². The van der Waals surface area contributed by atoms with Gasteiger partial charge in [-0.1, -0.05) is 0 Å². The lowest BCUT2D eigenvalue weighted by molar-refractivity contribution is -0.137. The number of hydrogen-bond donors (Lipinski definition) is 2. The zero-order valence-corrected chi connectivity index (χ0v) is 11.1. The zero-order valence-electron chi connectivity index (χ0n) is 11.1. The van der Waals surface area contributed by atoms with Crippen LogP contribution in [-0.4, -0.2) is 17.2 Å². The first-order valence-electron chi connectivity index (χ1n) is 6.78. The number of carbonyl (C=O) groups is 1. The number of nitrogens with zero attached hydrogens (tertiary/aromatic N) is 1. The number of nitrogens with two attached hydrogens (primary N) is 1. The summed E-state index contributed by atoms with van der Waals surface area (Å²) >= 11 is 0. The van der Waals surface area contributed by atoms with Gasteiger partial charge < -0.3 is 10.8 Å². The molecule has 0 spiro atoms. The molecule has 2 aliphatic rings. The number of benzene rings is 1. The van der Waals surface area contributed by atoms with E-state index in [2.05, 4.69) is 0 Å². The van der Waals surface area contributed by atoms with E-state index in [0.29, 0.717) is 6.42 Å². The monoisotopic (exact) mass is 300 g/mol. The molecule has 0 unspecified atom stereocenters. The molecule has 1 aliphatic heterocycles. The second kappa shape index (κ2) is 4.62. The van der Waals surface area contributed by atoms with Gasteiger partial charge in [-0.15, -0.1) is 0 Å². The molecular weight excluding hydrogens is 285 g/mol. The summed E-state index contributed by atoms with van der Waals surface area (Å²) in [4.78, 5) is 12.7. The van der Waals surface area contributed by atoms with Crippen molar-refractivity contribution in [1.29, 1.82) is 0 Å². The summed E-state index contributed by atoms with van der Waals surface area (Å²) in [6.07, 6.45) is -3.35. The molecule has 0 radical (unpaired) electrons. The van der Waals surface area contributed by atoms with Crippen LogP contribution in [0.3, 0.4) is 0 Å². The molecule has 21 heavy (non-hydrogen) atoms. The summed E-state index contributed by atoms with van der Waals surface area (Å²) in [5.74, 6) is 0.266. The minimum atomic E-state index is -4.46. The highest BCUT2D eigenvalue weighted by Gasteiger charge is 2.44. The van der Waals surface area contributed by atoms with Crippen LogP contribution in [0.25, 0.3) is 0 Å². The molecule has 4 nitrogen and oxygen atoms in total. The van der Waals surface area contributed by atoms with Crippen LogP contribution in [0.2, 0.25) is 0 Å². The average molecular weight is 300 g/mol. The number of amides is 1. The lowest BCUT2D eigenvalue weighted by Crippen LogP contribution is -2.46.